The Bertz CT molecular complexity index is 1190. The maximum absolute atomic E-state index is 13.6. The van der Waals surface area contributed by atoms with Crippen molar-refractivity contribution in [2.45, 2.75) is 63.4 Å². The summed E-state index contributed by atoms with van der Waals surface area (Å²) < 4.78 is 130. The Hall–Kier alpha value is -1.39. The number of benzene rings is 2. The Morgan fingerprint density at radius 1 is 0.556 bits per heavy atom. The second-order valence-corrected chi connectivity index (χ2v) is 19.9. The molecule has 0 N–H and O–H groups in total. The molecule has 0 heterocycles. The van der Waals surface area contributed by atoms with E-state index in [9.17, 15) is 43.2 Å². The fourth-order valence-electron chi connectivity index (χ4n) is 2.90. The van der Waals surface area contributed by atoms with Crippen LogP contribution in [0.15, 0.2) is 48.5 Å². The van der Waals surface area contributed by atoms with E-state index in [4.69, 9.17) is 0 Å². The summed E-state index contributed by atoms with van der Waals surface area (Å²) in [5.74, 6) is 0. The molecule has 2 aromatic rings. The average molecular weight is 673 g/mol. The van der Waals surface area contributed by atoms with Crippen LogP contribution in [0, 0.1) is 7.14 Å². The van der Waals surface area contributed by atoms with Crippen LogP contribution in [-0.4, -0.2) is 29.8 Å². The molecule has 36 heavy (non-hydrogen) atoms. The summed E-state index contributed by atoms with van der Waals surface area (Å²) in [4.78, 5) is 0. The van der Waals surface area contributed by atoms with Crippen molar-refractivity contribution in [2.24, 2.45) is 0 Å². The number of rotatable bonds is 5. The molecule has 0 bridgehead atoms. The Balaban J connectivity index is 2.97. The van der Waals surface area contributed by atoms with E-state index in [0.717, 1.165) is 0 Å². The van der Waals surface area contributed by atoms with Crippen molar-refractivity contribution < 1.29 is 43.2 Å². The summed E-state index contributed by atoms with van der Waals surface area (Å²) in [5.41, 5.74) is -12.2. The first-order valence-electron chi connectivity index (χ1n) is 10.3. The van der Waals surface area contributed by atoms with Gasteiger partial charge in [-0.2, -0.15) is 0 Å². The quantitative estimate of drug-likeness (QED) is 0.200. The second kappa shape index (κ2) is 9.73. The minimum atomic E-state index is -6.96. The van der Waals surface area contributed by atoms with E-state index in [-0.39, 0.29) is 7.14 Å². The van der Waals surface area contributed by atoms with E-state index in [2.05, 4.69) is 0 Å². The zero-order valence-electron chi connectivity index (χ0n) is 20.2. The third-order valence-corrected chi connectivity index (χ3v) is 17.6. The third-order valence-electron chi connectivity index (χ3n) is 4.93. The van der Waals surface area contributed by atoms with Crippen LogP contribution in [0.3, 0.4) is 0 Å². The summed E-state index contributed by atoms with van der Waals surface area (Å²) in [6.07, 6.45) is 0. The first-order chi connectivity index (χ1) is 15.9. The minimum absolute atomic E-state index is 0.239. The molecule has 0 saturated carbocycles. The predicted molar refractivity (Wildman–Crippen MR) is 133 cm³/mol. The van der Waals surface area contributed by atoms with Gasteiger partial charge in [0.05, 0.1) is 0 Å². The monoisotopic (exact) mass is 673 g/mol. The molecule has 0 atom stereocenters. The number of hydrogen-bond donors (Lipinski definition) is 0. The van der Waals surface area contributed by atoms with E-state index in [1.54, 1.807) is 0 Å². The number of nitrogens with zero attached hydrogens (tertiary/aromatic N) is 1. The van der Waals surface area contributed by atoms with Crippen molar-refractivity contribution in [1.29, 1.82) is 0 Å². The van der Waals surface area contributed by atoms with Gasteiger partial charge in [0.15, 0.2) is 0 Å². The van der Waals surface area contributed by atoms with Crippen molar-refractivity contribution in [3.05, 3.63) is 66.8 Å². The van der Waals surface area contributed by atoms with Crippen LogP contribution in [0.4, 0.5) is 26.3 Å². The van der Waals surface area contributed by atoms with Gasteiger partial charge in [-0.3, -0.25) is 0 Å². The summed E-state index contributed by atoms with van der Waals surface area (Å²) in [6, 6.07) is 10.5. The van der Waals surface area contributed by atoms with Crippen LogP contribution in [0.1, 0.15) is 52.7 Å². The summed E-state index contributed by atoms with van der Waals surface area (Å²) in [5, 5.41) is 0. The van der Waals surface area contributed by atoms with E-state index in [1.807, 2.05) is 41.5 Å². The Morgan fingerprint density at radius 2 is 0.806 bits per heavy atom. The fourth-order valence-corrected chi connectivity index (χ4v) is 15.4. The van der Waals surface area contributed by atoms with Gasteiger partial charge in [0.1, 0.15) is 0 Å². The zero-order chi connectivity index (χ0) is 28.1. The number of sulfonamides is 2. The number of halogens is 7. The normalized spacial score (nSPS) is 14.8. The van der Waals surface area contributed by atoms with Crippen LogP contribution in [-0.2, 0) is 30.9 Å². The molecule has 5 nitrogen and oxygen atoms in total. The van der Waals surface area contributed by atoms with Gasteiger partial charge in [-0.25, -0.2) is 0 Å². The van der Waals surface area contributed by atoms with Gasteiger partial charge in [-0.15, -0.1) is 0 Å². The Kier molecular flexibility index (Phi) is 8.33. The molecule has 0 unspecified atom stereocenters. The molecule has 204 valence electrons. The third kappa shape index (κ3) is 6.18. The van der Waals surface area contributed by atoms with Crippen LogP contribution in [0.2, 0.25) is 0 Å². The van der Waals surface area contributed by atoms with Crippen molar-refractivity contribution >= 4 is 40.1 Å². The van der Waals surface area contributed by atoms with Gasteiger partial charge in [0.2, 0.25) is 0 Å². The van der Waals surface area contributed by atoms with Crippen molar-refractivity contribution in [2.75, 3.05) is 0 Å². The molecule has 2 aromatic carbocycles. The van der Waals surface area contributed by atoms with E-state index in [0.29, 0.717) is 11.1 Å². The molecule has 0 aliphatic carbocycles. The van der Waals surface area contributed by atoms with Crippen molar-refractivity contribution in [3.8, 4) is 0 Å². The standard InChI is InChI=1S/C22H26F6INO4S2/c1-19(2,3)15-7-11-17(12-8-15)29(18-13-9-16(10-14-18)20(4,5)6)30(35(31,32)21(23,24)25)36(33,34)22(26,27)28/h7-14H,1-6H3. The molecule has 0 saturated heterocycles. The second-order valence-electron chi connectivity index (χ2n) is 9.83. The van der Waals surface area contributed by atoms with E-state index >= 15 is 0 Å². The SMILES string of the molecule is CC(C)(C)c1ccc(I(c2ccc(C(C)(C)C)cc2)N(S(=O)(=O)C(F)(F)F)S(=O)(=O)C(F)(F)F)cc1. The van der Waals surface area contributed by atoms with Crippen LogP contribution in [0.25, 0.3) is 0 Å². The van der Waals surface area contributed by atoms with Crippen LogP contribution in [0.5, 0.6) is 0 Å². The molecule has 0 amide bonds. The van der Waals surface area contributed by atoms with E-state index in [1.165, 1.54) is 48.5 Å². The van der Waals surface area contributed by atoms with Crippen molar-refractivity contribution in [1.82, 2.24) is 1.92 Å². The average Bonchev–Trinajstić information content (AvgIpc) is 2.69. The van der Waals surface area contributed by atoms with Gasteiger partial charge in [0.25, 0.3) is 0 Å². The summed E-state index contributed by atoms with van der Waals surface area (Å²) >= 11 is -4.70. The maximum atomic E-state index is 13.6. The Morgan fingerprint density at radius 3 is 1.00 bits per heavy atom. The molecule has 0 fully saturated rings. The van der Waals surface area contributed by atoms with E-state index < -0.39 is 63.9 Å². The van der Waals surface area contributed by atoms with Gasteiger partial charge in [0, 0.05) is 0 Å². The van der Waals surface area contributed by atoms with Crippen LogP contribution >= 0.6 is 20.1 Å². The molecular formula is C22H26F6INO4S2. The Labute approximate surface area is 214 Å². The molecule has 14 heteroatoms. The van der Waals surface area contributed by atoms with Crippen LogP contribution < -0.4 is 0 Å². The number of hydrogen-bond acceptors (Lipinski definition) is 4. The van der Waals surface area contributed by atoms with Gasteiger partial charge in [-0.1, -0.05) is 0 Å². The van der Waals surface area contributed by atoms with Gasteiger partial charge >= 0.3 is 215 Å². The fraction of sp³-hybridized carbons (Fsp3) is 0.455. The zero-order valence-corrected chi connectivity index (χ0v) is 24.0. The molecule has 0 aromatic heterocycles. The predicted octanol–water partition coefficient (Wildman–Crippen LogP) is 6.74. The molecule has 0 aliphatic heterocycles. The van der Waals surface area contributed by atoms with Crippen molar-refractivity contribution in [3.63, 3.8) is 0 Å². The molecule has 0 aliphatic rings. The summed E-state index contributed by atoms with van der Waals surface area (Å²) in [7, 11) is -13.9. The molecule has 2 rings (SSSR count). The molecule has 0 spiro atoms. The van der Waals surface area contributed by atoms with Gasteiger partial charge in [-0.05, 0) is 0 Å². The summed E-state index contributed by atoms with van der Waals surface area (Å²) in [6.45, 7) is 10.9. The van der Waals surface area contributed by atoms with Gasteiger partial charge < -0.3 is 0 Å². The first kappa shape index (κ1) is 30.8. The molecule has 0 radical (unpaired) electrons. The number of alkyl halides is 6. The first-order valence-corrected chi connectivity index (χ1v) is 16.3. The molecular weight excluding hydrogens is 647 g/mol. The topological polar surface area (TPSA) is 71.5 Å².